The van der Waals surface area contributed by atoms with Gasteiger partial charge in [-0.2, -0.15) is 0 Å². The molecule has 0 unspecified atom stereocenters. The number of hydrogen-bond donors (Lipinski definition) is 0. The molecule has 0 fully saturated rings. The van der Waals surface area contributed by atoms with Gasteiger partial charge in [-0.05, 0) is 179 Å². The summed E-state index contributed by atoms with van der Waals surface area (Å²) in [5.41, 5.74) is 21.4. The second kappa shape index (κ2) is 24.4. The summed E-state index contributed by atoms with van der Waals surface area (Å²) in [5.74, 6) is 0. The van der Waals surface area contributed by atoms with E-state index in [1.807, 2.05) is 12.2 Å². The van der Waals surface area contributed by atoms with Gasteiger partial charge < -0.3 is 19.3 Å². The normalized spacial score (nSPS) is 11.1. The highest BCUT2D eigenvalue weighted by Gasteiger charge is 2.18. The Labute approximate surface area is 418 Å². The summed E-state index contributed by atoms with van der Waals surface area (Å²) >= 11 is 0. The highest BCUT2D eigenvalue weighted by Crippen LogP contribution is 2.41. The lowest BCUT2D eigenvalue weighted by atomic mass is 9.95. The van der Waals surface area contributed by atoms with Crippen LogP contribution in [0.5, 0.6) is 0 Å². The van der Waals surface area contributed by atoms with Crippen LogP contribution in [0.3, 0.4) is 0 Å². The van der Waals surface area contributed by atoms with Crippen LogP contribution in [0.2, 0.25) is 0 Å². The number of anilines is 6. The van der Waals surface area contributed by atoms with Gasteiger partial charge in [-0.25, -0.2) is 0 Å². The summed E-state index contributed by atoms with van der Waals surface area (Å²) in [6.45, 7) is 19.1. The fraction of sp³-hybridized carbons (Fsp3) is 0.212. The summed E-state index contributed by atoms with van der Waals surface area (Å²) in [7, 11) is 0. The smallest absolute Gasteiger partial charge is 0.0721 e. The zero-order valence-corrected chi connectivity index (χ0v) is 41.7. The number of aryl methyl sites for hydroxylation is 5. The molecule has 0 spiro atoms. The summed E-state index contributed by atoms with van der Waals surface area (Å²) in [6.07, 6.45) is 10.0. The van der Waals surface area contributed by atoms with E-state index in [-0.39, 0.29) is 0 Å². The van der Waals surface area contributed by atoms with Gasteiger partial charge >= 0.3 is 0 Å². The third-order valence-corrected chi connectivity index (χ3v) is 13.1. The third kappa shape index (κ3) is 12.7. The molecule has 0 saturated carbocycles. The van der Waals surface area contributed by atoms with Crippen LogP contribution in [-0.4, -0.2) is 6.61 Å². The zero-order valence-electron chi connectivity index (χ0n) is 41.7. The van der Waals surface area contributed by atoms with Crippen molar-refractivity contribution >= 4 is 46.3 Å². The lowest BCUT2D eigenvalue weighted by Gasteiger charge is -2.28. The highest BCUT2D eigenvalue weighted by molar-refractivity contribution is 5.83. The van der Waals surface area contributed by atoms with E-state index in [1.165, 1.54) is 44.5 Å². The van der Waals surface area contributed by atoms with Gasteiger partial charge in [0.05, 0.1) is 19.8 Å². The lowest BCUT2D eigenvalue weighted by Crippen LogP contribution is -2.11. The first-order valence-electron chi connectivity index (χ1n) is 25.1. The first-order valence-corrected chi connectivity index (χ1v) is 25.1. The van der Waals surface area contributed by atoms with Gasteiger partial charge in [0.15, 0.2) is 0 Å². The third-order valence-electron chi connectivity index (χ3n) is 13.1. The maximum Gasteiger partial charge on any atom is 0.0721 e. The molecule has 0 aliphatic heterocycles. The Hall–Kier alpha value is -7.24. The predicted molar refractivity (Wildman–Crippen MR) is 298 cm³/mol. The van der Waals surface area contributed by atoms with Crippen LogP contribution >= 0.6 is 0 Å². The van der Waals surface area contributed by atoms with Gasteiger partial charge in [-0.1, -0.05) is 161 Å². The molecule has 8 aromatic carbocycles. The molecule has 4 heteroatoms. The van der Waals surface area contributed by atoms with E-state index in [1.54, 1.807) is 0 Å². The maximum atomic E-state index is 6.13. The summed E-state index contributed by atoms with van der Waals surface area (Å²) in [5, 5.41) is 0. The summed E-state index contributed by atoms with van der Waals surface area (Å²) in [6, 6.07) is 66.5. The molecule has 0 saturated heterocycles. The van der Waals surface area contributed by atoms with E-state index in [0.717, 1.165) is 102 Å². The Morgan fingerprint density at radius 2 is 0.686 bits per heavy atom. The second-order valence-corrected chi connectivity index (χ2v) is 18.4. The molecule has 8 rings (SSSR count). The van der Waals surface area contributed by atoms with Crippen LogP contribution in [0.1, 0.15) is 88.7 Å². The highest BCUT2D eigenvalue weighted by atomic mass is 16.5. The monoisotopic (exact) mass is 921 g/mol. The average Bonchev–Trinajstić information content (AvgIpc) is 3.39. The number of benzene rings is 8. The van der Waals surface area contributed by atoms with Crippen LogP contribution < -0.4 is 9.80 Å². The minimum Gasteiger partial charge on any atom is -0.377 e. The van der Waals surface area contributed by atoms with Crippen LogP contribution in [-0.2, 0) is 48.6 Å². The van der Waals surface area contributed by atoms with Crippen molar-refractivity contribution in [2.24, 2.45) is 0 Å². The Morgan fingerprint density at radius 1 is 0.371 bits per heavy atom. The topological polar surface area (TPSA) is 24.9 Å². The van der Waals surface area contributed by atoms with E-state index in [0.29, 0.717) is 19.8 Å². The summed E-state index contributed by atoms with van der Waals surface area (Å²) < 4.78 is 12.2. The first-order chi connectivity index (χ1) is 34.3. The van der Waals surface area contributed by atoms with Crippen LogP contribution in [0.15, 0.2) is 195 Å². The van der Waals surface area contributed by atoms with Gasteiger partial charge in [0, 0.05) is 40.7 Å². The molecular formula is C66H68N2O2. The second-order valence-electron chi connectivity index (χ2n) is 18.4. The van der Waals surface area contributed by atoms with Crippen LogP contribution in [0.4, 0.5) is 34.1 Å². The molecular weight excluding hydrogens is 853 g/mol. The molecule has 0 heterocycles. The lowest BCUT2D eigenvalue weighted by molar-refractivity contribution is 0.107. The summed E-state index contributed by atoms with van der Waals surface area (Å²) in [4.78, 5) is 4.75. The molecule has 0 aliphatic rings. The SMILES string of the molecule is C=Cc1ccc(COCCCc2ccc(N(c3ccc(CCC)cc3)c3ccc(-c4ccc(N(c5ccc(CCC)cc5)c5ccc(COCc6ccc(C=C)cc6)cc5)cc4C)c(C)c3)cc2)cc1. The molecule has 0 aromatic heterocycles. The van der Waals surface area contributed by atoms with Crippen molar-refractivity contribution in [3.05, 3.63) is 251 Å². The number of rotatable bonds is 23. The standard InChI is InChI=1S/C66H68N2O2/c1-7-12-53-23-31-59(32-24-53)67(61-35-27-55(28-36-61)14-11-43-69-46-56-19-15-51(9-3)16-20-56)63-39-41-65(49(5)44-63)66-42-40-64(45-50(66)6)68(60-33-25-54(13-8-2)26-34-60)62-37-29-58(30-38-62)48-70-47-57-21-17-52(10-4)18-22-57/h9-10,15-42,44-45H,3-4,7-8,11-14,43,46-48H2,1-2,5-6H3. The average molecular weight is 921 g/mol. The fourth-order valence-electron chi connectivity index (χ4n) is 9.18. The maximum absolute atomic E-state index is 6.13. The molecule has 0 bridgehead atoms. The van der Waals surface area contributed by atoms with Crippen LogP contribution in [0, 0.1) is 13.8 Å². The Morgan fingerprint density at radius 3 is 1.03 bits per heavy atom. The molecule has 354 valence electrons. The van der Waals surface area contributed by atoms with E-state index >= 15 is 0 Å². The van der Waals surface area contributed by atoms with Crippen molar-refractivity contribution in [3.63, 3.8) is 0 Å². The first kappa shape index (κ1) is 49.2. The van der Waals surface area contributed by atoms with E-state index in [4.69, 9.17) is 9.47 Å². The van der Waals surface area contributed by atoms with Crippen molar-refractivity contribution in [1.82, 2.24) is 0 Å². The van der Waals surface area contributed by atoms with Gasteiger partial charge in [0.2, 0.25) is 0 Å². The Balaban J connectivity index is 1.01. The number of nitrogens with zero attached hydrogens (tertiary/aromatic N) is 2. The van der Waals surface area contributed by atoms with Crippen molar-refractivity contribution in [1.29, 1.82) is 0 Å². The molecule has 0 radical (unpaired) electrons. The Bertz CT molecular complexity index is 2920. The van der Waals surface area contributed by atoms with Crippen molar-refractivity contribution in [2.45, 2.75) is 86.0 Å². The van der Waals surface area contributed by atoms with E-state index in [2.05, 4.69) is 233 Å². The van der Waals surface area contributed by atoms with Gasteiger partial charge in [0.25, 0.3) is 0 Å². The van der Waals surface area contributed by atoms with Crippen LogP contribution in [0.25, 0.3) is 23.3 Å². The minimum absolute atomic E-state index is 0.543. The van der Waals surface area contributed by atoms with Gasteiger partial charge in [0.1, 0.15) is 0 Å². The molecule has 8 aromatic rings. The molecule has 0 N–H and O–H groups in total. The minimum atomic E-state index is 0.543. The molecule has 0 amide bonds. The van der Waals surface area contributed by atoms with Crippen molar-refractivity contribution in [3.8, 4) is 11.1 Å². The van der Waals surface area contributed by atoms with Crippen molar-refractivity contribution in [2.75, 3.05) is 16.4 Å². The number of ether oxygens (including phenoxy) is 2. The molecule has 70 heavy (non-hydrogen) atoms. The zero-order chi connectivity index (χ0) is 48.7. The van der Waals surface area contributed by atoms with Crippen molar-refractivity contribution < 1.29 is 9.47 Å². The molecule has 0 aliphatic carbocycles. The van der Waals surface area contributed by atoms with Gasteiger partial charge in [-0.3, -0.25) is 0 Å². The van der Waals surface area contributed by atoms with Gasteiger partial charge in [-0.15, -0.1) is 0 Å². The fourth-order valence-corrected chi connectivity index (χ4v) is 9.18. The van der Waals surface area contributed by atoms with E-state index < -0.39 is 0 Å². The largest absolute Gasteiger partial charge is 0.377 e. The predicted octanol–water partition coefficient (Wildman–Crippen LogP) is 18.0. The molecule has 4 nitrogen and oxygen atoms in total. The number of hydrogen-bond acceptors (Lipinski definition) is 4. The Kier molecular flexibility index (Phi) is 17.1. The quantitative estimate of drug-likeness (QED) is 0.0597. The van der Waals surface area contributed by atoms with E-state index in [9.17, 15) is 0 Å². The molecule has 0 atom stereocenters.